The number of aliphatic hydroxyl groups excluding tert-OH is 2. The number of rotatable bonds is 21. The van der Waals surface area contributed by atoms with Gasteiger partial charge < -0.3 is 88.6 Å². The molecule has 9 rings (SSSR count). The molecule has 6 saturated heterocycles. The van der Waals surface area contributed by atoms with Gasteiger partial charge in [-0.2, -0.15) is 0 Å². The van der Waals surface area contributed by atoms with Gasteiger partial charge in [-0.15, -0.1) is 11.5 Å². The topological polar surface area (TPSA) is 440 Å². The molecule has 6 fully saturated rings. The highest BCUT2D eigenvalue weighted by molar-refractivity contribution is 6.08. The lowest BCUT2D eigenvalue weighted by Gasteiger charge is -2.47. The first-order valence-corrected chi connectivity index (χ1v) is 41.3. The lowest BCUT2D eigenvalue weighted by molar-refractivity contribution is -0.295. The number of methoxy groups -OCH3 is 2. The third kappa shape index (κ3) is 21.9. The van der Waals surface area contributed by atoms with Crippen molar-refractivity contribution in [2.45, 2.75) is 301 Å². The van der Waals surface area contributed by atoms with Gasteiger partial charge in [0.15, 0.2) is 35.3 Å². The third-order valence-corrected chi connectivity index (χ3v) is 24.9. The minimum absolute atomic E-state index is 0.0144. The number of nitrogens with two attached hydrogens (primary N) is 2. The van der Waals surface area contributed by atoms with Crippen LogP contribution in [0.2, 0.25) is 0 Å². The average molecular weight is 1690 g/mol. The number of terminal acetylenes is 1. The van der Waals surface area contributed by atoms with Gasteiger partial charge in [-0.1, -0.05) is 83.8 Å². The molecular weight excluding hydrogens is 1560 g/mol. The fourth-order valence-electron chi connectivity index (χ4n) is 18.1. The summed E-state index contributed by atoms with van der Waals surface area (Å²) in [6.07, 6.45) is -2.24. The molecule has 6 aliphatic heterocycles. The molecule has 0 bridgehead atoms. The molecule has 10 unspecified atom stereocenters. The first-order valence-electron chi connectivity index (χ1n) is 41.3. The molecule has 3 aromatic rings. The SMILES string of the molecule is C#Cc1cccc(N)n1.CCC1OC(=O)[C@@](C)(F)C(=O)[C@H](C)[C@@H](OC2OC(C)CC(N(C)C)C2O)[C@@](C)(OC)C[C@@H](C)C(=O)[C@H](C)[C@H]2N(CCCCN=[N+]=[N-])C(=O)O[C@]12C.CCC1OC(=O)[C@@](C)(F)C(=O)[C@H](C)[C@@H](OC2OC(C)CC(N(C)C)C2O)[C@@](C)(OC)C[C@@H](C)C(=O)[C@H](C)[C@H]2N(CCCCn3cc(-c4cccc(N)n4)nn3)C(=O)O[C@]12C. The van der Waals surface area contributed by atoms with E-state index in [-0.39, 0.29) is 81.2 Å². The van der Waals surface area contributed by atoms with E-state index in [2.05, 4.69) is 36.2 Å². The number of halogens is 2. The third-order valence-electron chi connectivity index (χ3n) is 24.9. The van der Waals surface area contributed by atoms with E-state index in [1.807, 2.05) is 51.8 Å². The van der Waals surface area contributed by atoms with Gasteiger partial charge in [0.1, 0.15) is 59.0 Å². The van der Waals surface area contributed by atoms with Crippen molar-refractivity contribution in [3.8, 4) is 23.7 Å². The van der Waals surface area contributed by atoms with Crippen LogP contribution in [0.4, 0.5) is 30.0 Å². The Morgan fingerprint density at radius 3 is 1.40 bits per heavy atom. The highest BCUT2D eigenvalue weighted by Crippen LogP contribution is 2.47. The monoisotopic (exact) mass is 1690 g/mol. The molecule has 668 valence electrons. The maximum atomic E-state index is 16.9. The van der Waals surface area contributed by atoms with Crippen LogP contribution in [0.15, 0.2) is 47.7 Å². The van der Waals surface area contributed by atoms with Crippen LogP contribution in [0.1, 0.15) is 181 Å². The molecule has 6 aliphatic rings. The second-order valence-corrected chi connectivity index (χ2v) is 34.5. The number of Topliss-reactive ketones (excluding diaryl/α,β-unsaturated/α-hetero) is 4. The summed E-state index contributed by atoms with van der Waals surface area (Å²) in [6, 6.07) is 7.81. The molecule has 0 saturated carbocycles. The van der Waals surface area contributed by atoms with E-state index >= 15 is 8.78 Å². The Morgan fingerprint density at radius 2 is 1.02 bits per heavy atom. The molecule has 36 heteroatoms. The average Bonchev–Trinajstić information content (AvgIpc) is 1.53. The predicted molar refractivity (Wildman–Crippen MR) is 437 cm³/mol. The van der Waals surface area contributed by atoms with Crippen LogP contribution in [-0.2, 0) is 82.7 Å². The second kappa shape index (κ2) is 41.1. The zero-order valence-corrected chi connectivity index (χ0v) is 73.6. The van der Waals surface area contributed by atoms with E-state index in [4.69, 9.17) is 70.8 Å². The van der Waals surface area contributed by atoms with Gasteiger partial charge in [-0.25, -0.2) is 37.9 Å². The number of fused-ring (bicyclic) bond motifs is 2. The van der Waals surface area contributed by atoms with Gasteiger partial charge in [0.05, 0.1) is 59.6 Å². The van der Waals surface area contributed by atoms with Crippen LogP contribution in [0.5, 0.6) is 0 Å². The highest BCUT2D eigenvalue weighted by atomic mass is 19.1. The number of alkyl halides is 2. The zero-order chi connectivity index (χ0) is 89.8. The number of likely N-dealkylation sites (N-methyl/N-ethyl adjacent to an activating group) is 2. The number of amides is 2. The number of aryl methyl sites for hydroxylation is 1. The molecule has 0 aliphatic carbocycles. The highest BCUT2D eigenvalue weighted by Gasteiger charge is 2.65. The van der Waals surface area contributed by atoms with Crippen molar-refractivity contribution in [1.29, 1.82) is 0 Å². The van der Waals surface area contributed by atoms with Gasteiger partial charge in [0.2, 0.25) is 0 Å². The Kier molecular flexibility index (Phi) is 33.8. The first-order chi connectivity index (χ1) is 56.1. The van der Waals surface area contributed by atoms with Crippen LogP contribution in [0, 0.1) is 47.9 Å². The minimum atomic E-state index is -3.19. The number of anilines is 2. The van der Waals surface area contributed by atoms with Gasteiger partial charge in [-0.3, -0.25) is 23.9 Å². The van der Waals surface area contributed by atoms with Crippen LogP contribution in [-0.4, -0.2) is 283 Å². The summed E-state index contributed by atoms with van der Waals surface area (Å²) in [6.45, 7) is 25.7. The second-order valence-electron chi connectivity index (χ2n) is 34.5. The van der Waals surface area contributed by atoms with E-state index in [1.54, 1.807) is 117 Å². The molecule has 0 aromatic carbocycles. The zero-order valence-electron chi connectivity index (χ0n) is 73.6. The molecule has 34 nitrogen and oxygen atoms in total. The van der Waals surface area contributed by atoms with Gasteiger partial charge in [0, 0.05) is 92.9 Å². The number of nitrogen functional groups attached to an aromatic ring is 2. The Labute approximate surface area is 702 Å². The smallest absolute Gasteiger partial charge is 0.410 e. The Morgan fingerprint density at radius 1 is 0.617 bits per heavy atom. The molecule has 6 N–H and O–H groups in total. The molecule has 120 heavy (non-hydrogen) atoms. The number of ketones is 4. The van der Waals surface area contributed by atoms with E-state index in [0.29, 0.717) is 73.8 Å². The van der Waals surface area contributed by atoms with Crippen molar-refractivity contribution in [1.82, 2.24) is 44.6 Å². The number of pyridine rings is 2. The standard InChI is InChI=1S/C42H64FN7O10.C35H58FN5O10.C7H6N2/c1-12-30-42(8)34(50(39(55)60-42)19-14-13-18-49-22-28(46-47-49)27-16-15-17-31(44)45-27)25(4)32(51)23(2)21-40(6,56-11)36(26(5)35(53)41(7,43)38(54)58-30)59-37-33(52)29(48(9)10)20-24(3)57-37;1-12-24-35(8)27(41(32(46)51-35)16-14-13-15-38-39-37)21(4)25(42)19(2)18-33(6,47-11)29(22(5)28(44)34(7,36)31(45)49-24)50-30-26(43)23(40(9)10)17-20(3)48-30;1-2-6-4-3-5-7(8)9-6/h15-17,22-26,29-30,33-34,36-37,52H,12-14,18-21H2,1-11H3,(H2,44,45);19-24,26-27,29-30,43H,12-18H2,1-11H3;1,3-5H,(H2,8,9)/t23-,24?,25+,26+,29?,30?,33?,34-,36-,37?,40+,41+,42-;19-,20?,21+,22+,23?,24?,26?,27-,29-,30?,33+,34+,35-;/m11./s1. The number of hydrogen-bond acceptors (Lipinski definition) is 29. The van der Waals surface area contributed by atoms with E-state index in [9.17, 15) is 48.6 Å². The lowest BCUT2D eigenvalue weighted by atomic mass is 9.73. The van der Waals surface area contributed by atoms with Crippen LogP contribution >= 0.6 is 0 Å². The number of nitrogens with zero attached hydrogens (tertiary/aromatic N) is 12. The van der Waals surface area contributed by atoms with Crippen molar-refractivity contribution in [3.05, 3.63) is 58.7 Å². The lowest BCUT2D eigenvalue weighted by Crippen LogP contribution is -2.61. The predicted octanol–water partition coefficient (Wildman–Crippen LogP) is 9.02. The number of carbonyl (C=O) groups excluding carboxylic acids is 8. The number of carbonyl (C=O) groups is 8. The fourth-order valence-corrected chi connectivity index (χ4v) is 18.1. The summed E-state index contributed by atoms with van der Waals surface area (Å²) < 4.78 is 95.9. The normalized spacial score (nSPS) is 36.8. The molecule has 0 radical (unpaired) electrons. The number of aliphatic hydroxyl groups is 2. The van der Waals surface area contributed by atoms with Crippen LogP contribution < -0.4 is 11.5 Å². The molecule has 2 amide bonds. The van der Waals surface area contributed by atoms with E-state index in [1.165, 1.54) is 37.9 Å². The van der Waals surface area contributed by atoms with Gasteiger partial charge in [-0.05, 0) is 178 Å². The Bertz CT molecular complexity index is 4150. The maximum Gasteiger partial charge on any atom is 0.410 e. The van der Waals surface area contributed by atoms with E-state index in [0.717, 1.165) is 13.8 Å². The number of azide groups is 1. The molecule has 0 spiro atoms. The number of hydrogen-bond donors (Lipinski definition) is 4. The first kappa shape index (κ1) is 98.6. The quantitative estimate of drug-likeness (QED) is 0.0113. The van der Waals surface area contributed by atoms with Crippen LogP contribution in [0.3, 0.4) is 0 Å². The van der Waals surface area contributed by atoms with Gasteiger partial charge in [0.25, 0.3) is 11.3 Å². The summed E-state index contributed by atoms with van der Waals surface area (Å²) in [5.41, 5.74) is 9.02. The fraction of sp³-hybridized carbons (Fsp3) is 0.738. The van der Waals surface area contributed by atoms with Crippen molar-refractivity contribution in [2.75, 3.05) is 73.5 Å². The summed E-state index contributed by atoms with van der Waals surface area (Å²) in [5.74, 6) is -8.56. The number of esters is 2. The number of unbranched alkanes of at least 4 members (excludes halogenated alkanes) is 2. The van der Waals surface area contributed by atoms with E-state index < -0.39 is 166 Å². The summed E-state index contributed by atoms with van der Waals surface area (Å²) >= 11 is 0. The van der Waals surface area contributed by atoms with Gasteiger partial charge >= 0.3 is 24.1 Å². The number of cyclic esters (lactones) is 2. The van der Waals surface area contributed by atoms with Crippen molar-refractivity contribution in [3.63, 3.8) is 0 Å². The van der Waals surface area contributed by atoms with Crippen molar-refractivity contribution >= 4 is 58.9 Å². The summed E-state index contributed by atoms with van der Waals surface area (Å²) in [4.78, 5) is 130. The summed E-state index contributed by atoms with van der Waals surface area (Å²) in [5, 5.41) is 34.7. The molecule has 26 atom stereocenters. The number of aromatic nitrogens is 5. The van der Waals surface area contributed by atoms with Crippen molar-refractivity contribution in [2.24, 2.45) is 40.6 Å². The minimum Gasteiger partial charge on any atom is -0.455 e. The van der Waals surface area contributed by atoms with Crippen molar-refractivity contribution < 1.29 is 105 Å². The van der Waals surface area contributed by atoms with Crippen LogP contribution in [0.25, 0.3) is 21.8 Å². The number of ether oxygens (including phenoxy) is 10. The Balaban J connectivity index is 0.000000302. The largest absolute Gasteiger partial charge is 0.455 e. The molecule has 3 aromatic heterocycles. The maximum absolute atomic E-state index is 16.9. The molecular formula is C84H128F2N14O20. The summed E-state index contributed by atoms with van der Waals surface area (Å²) in [7, 11) is 10.0. The molecule has 9 heterocycles. The Hall–Kier alpha value is -8.47.